The molecule has 2 aliphatic rings. The lowest BCUT2D eigenvalue weighted by Gasteiger charge is -2.44. The van der Waals surface area contributed by atoms with E-state index in [1.165, 1.54) is 0 Å². The summed E-state index contributed by atoms with van der Waals surface area (Å²) in [5.41, 5.74) is 1.45. The minimum absolute atomic E-state index is 0.00677. The number of amides is 1. The maximum absolute atomic E-state index is 12.7. The van der Waals surface area contributed by atoms with Gasteiger partial charge in [-0.2, -0.15) is 0 Å². The minimum atomic E-state index is 0.00677. The van der Waals surface area contributed by atoms with E-state index < -0.39 is 0 Å². The van der Waals surface area contributed by atoms with Gasteiger partial charge in [-0.1, -0.05) is 23.2 Å². The molecule has 1 aromatic rings. The SMILES string of the molecule is CCN1C(=O)c2c(Cl)cc(Cl)cc2N2CCNCCC12. The largest absolute Gasteiger partial charge is 0.349 e. The van der Waals surface area contributed by atoms with E-state index in [-0.39, 0.29) is 12.1 Å². The van der Waals surface area contributed by atoms with Gasteiger partial charge in [-0.25, -0.2) is 0 Å². The molecule has 0 bridgehead atoms. The Morgan fingerprint density at radius 1 is 1.35 bits per heavy atom. The van der Waals surface area contributed by atoms with Gasteiger partial charge in [0.1, 0.15) is 6.17 Å². The van der Waals surface area contributed by atoms with Crippen LogP contribution in [0.4, 0.5) is 5.69 Å². The zero-order chi connectivity index (χ0) is 14.3. The average molecular weight is 314 g/mol. The van der Waals surface area contributed by atoms with Gasteiger partial charge >= 0.3 is 0 Å². The highest BCUT2D eigenvalue weighted by Gasteiger charge is 2.38. The van der Waals surface area contributed by atoms with Crippen molar-refractivity contribution in [1.82, 2.24) is 10.2 Å². The Balaban J connectivity index is 2.16. The van der Waals surface area contributed by atoms with Gasteiger partial charge in [-0.15, -0.1) is 0 Å². The van der Waals surface area contributed by atoms with Crippen LogP contribution < -0.4 is 10.2 Å². The molecule has 0 radical (unpaired) electrons. The predicted molar refractivity (Wildman–Crippen MR) is 81.8 cm³/mol. The maximum Gasteiger partial charge on any atom is 0.259 e. The molecule has 1 amide bonds. The van der Waals surface area contributed by atoms with Crippen molar-refractivity contribution in [1.29, 1.82) is 0 Å². The summed E-state index contributed by atoms with van der Waals surface area (Å²) in [6, 6.07) is 3.50. The van der Waals surface area contributed by atoms with Gasteiger partial charge in [0, 0.05) is 24.7 Å². The number of halogens is 2. The van der Waals surface area contributed by atoms with Crippen LogP contribution in [0.1, 0.15) is 23.7 Å². The Labute approximate surface area is 128 Å². The molecule has 6 heteroatoms. The third kappa shape index (κ3) is 2.16. The first-order valence-electron chi connectivity index (χ1n) is 6.91. The van der Waals surface area contributed by atoms with E-state index in [4.69, 9.17) is 23.2 Å². The summed E-state index contributed by atoms with van der Waals surface area (Å²) in [4.78, 5) is 16.8. The van der Waals surface area contributed by atoms with Crippen molar-refractivity contribution in [3.8, 4) is 0 Å². The number of anilines is 1. The Morgan fingerprint density at radius 2 is 2.15 bits per heavy atom. The van der Waals surface area contributed by atoms with Crippen LogP contribution in [-0.4, -0.2) is 43.2 Å². The molecule has 108 valence electrons. The minimum Gasteiger partial charge on any atom is -0.349 e. The summed E-state index contributed by atoms with van der Waals surface area (Å²) in [7, 11) is 0. The van der Waals surface area contributed by atoms with Crippen LogP contribution in [0.5, 0.6) is 0 Å². The highest BCUT2D eigenvalue weighted by atomic mass is 35.5. The smallest absolute Gasteiger partial charge is 0.259 e. The molecule has 4 nitrogen and oxygen atoms in total. The Morgan fingerprint density at radius 3 is 2.90 bits per heavy atom. The molecule has 2 heterocycles. The number of carbonyl (C=O) groups excluding carboxylic acids is 1. The first-order chi connectivity index (χ1) is 9.63. The van der Waals surface area contributed by atoms with Crippen molar-refractivity contribution in [2.24, 2.45) is 0 Å². The molecule has 1 aromatic carbocycles. The highest BCUT2D eigenvalue weighted by molar-refractivity contribution is 6.38. The van der Waals surface area contributed by atoms with Gasteiger partial charge in [-0.05, 0) is 32.0 Å². The van der Waals surface area contributed by atoms with Crippen molar-refractivity contribution in [2.75, 3.05) is 31.1 Å². The fraction of sp³-hybridized carbons (Fsp3) is 0.500. The Kier molecular flexibility index (Phi) is 3.80. The first kappa shape index (κ1) is 14.0. The van der Waals surface area contributed by atoms with Crippen molar-refractivity contribution in [3.05, 3.63) is 27.7 Å². The molecule has 3 rings (SSSR count). The van der Waals surface area contributed by atoms with Crippen molar-refractivity contribution in [2.45, 2.75) is 19.5 Å². The van der Waals surface area contributed by atoms with Crippen LogP contribution in [0.25, 0.3) is 0 Å². The molecule has 1 atom stereocenters. The van der Waals surface area contributed by atoms with E-state index in [0.29, 0.717) is 22.2 Å². The van der Waals surface area contributed by atoms with Crippen molar-refractivity contribution in [3.63, 3.8) is 0 Å². The molecule has 1 unspecified atom stereocenters. The number of hydrogen-bond acceptors (Lipinski definition) is 3. The van der Waals surface area contributed by atoms with E-state index >= 15 is 0 Å². The fourth-order valence-corrected chi connectivity index (χ4v) is 3.66. The second-order valence-corrected chi connectivity index (χ2v) is 5.93. The number of fused-ring (bicyclic) bond motifs is 3. The van der Waals surface area contributed by atoms with E-state index in [9.17, 15) is 4.79 Å². The number of nitrogens with one attached hydrogen (secondary N) is 1. The third-order valence-electron chi connectivity index (χ3n) is 3.99. The topological polar surface area (TPSA) is 35.6 Å². The number of benzene rings is 1. The van der Waals surface area contributed by atoms with Crippen LogP contribution in [0.2, 0.25) is 10.0 Å². The Bertz CT molecular complexity index is 549. The van der Waals surface area contributed by atoms with Crippen molar-refractivity contribution >= 4 is 34.8 Å². The molecule has 1 fully saturated rings. The maximum atomic E-state index is 12.7. The highest BCUT2D eigenvalue weighted by Crippen LogP contribution is 2.38. The zero-order valence-corrected chi connectivity index (χ0v) is 12.8. The lowest BCUT2D eigenvalue weighted by atomic mass is 10.0. The van der Waals surface area contributed by atoms with E-state index in [2.05, 4.69) is 10.2 Å². The number of rotatable bonds is 1. The number of nitrogens with zero attached hydrogens (tertiary/aromatic N) is 2. The van der Waals surface area contributed by atoms with Crippen molar-refractivity contribution < 1.29 is 4.79 Å². The monoisotopic (exact) mass is 313 g/mol. The summed E-state index contributed by atoms with van der Waals surface area (Å²) in [5, 5.41) is 4.39. The second-order valence-electron chi connectivity index (χ2n) is 5.09. The van der Waals surface area contributed by atoms with Crippen LogP contribution in [-0.2, 0) is 0 Å². The molecular weight excluding hydrogens is 297 g/mol. The van der Waals surface area contributed by atoms with E-state index in [0.717, 1.165) is 31.7 Å². The van der Waals surface area contributed by atoms with Crippen LogP contribution in [0.3, 0.4) is 0 Å². The normalized spacial score (nSPS) is 22.4. The van der Waals surface area contributed by atoms with Crippen LogP contribution >= 0.6 is 23.2 Å². The summed E-state index contributed by atoms with van der Waals surface area (Å²) in [5.74, 6) is 0.00677. The van der Waals surface area contributed by atoms with E-state index in [1.54, 1.807) is 6.07 Å². The van der Waals surface area contributed by atoms with Gasteiger partial charge in [0.25, 0.3) is 5.91 Å². The molecule has 1 saturated heterocycles. The van der Waals surface area contributed by atoms with Gasteiger partial charge in [0.15, 0.2) is 0 Å². The molecule has 0 aliphatic carbocycles. The molecule has 2 aliphatic heterocycles. The van der Waals surface area contributed by atoms with Gasteiger partial charge in [-0.3, -0.25) is 4.79 Å². The van der Waals surface area contributed by atoms with E-state index in [1.807, 2.05) is 17.9 Å². The van der Waals surface area contributed by atoms with Gasteiger partial charge < -0.3 is 15.1 Å². The fourth-order valence-electron chi connectivity index (χ4n) is 3.10. The zero-order valence-electron chi connectivity index (χ0n) is 11.3. The lowest BCUT2D eigenvalue weighted by Crippen LogP contribution is -2.55. The number of carbonyl (C=O) groups is 1. The van der Waals surface area contributed by atoms with Gasteiger partial charge in [0.05, 0.1) is 16.3 Å². The third-order valence-corrected chi connectivity index (χ3v) is 4.50. The first-order valence-corrected chi connectivity index (χ1v) is 7.66. The molecule has 0 aromatic heterocycles. The predicted octanol–water partition coefficient (Wildman–Crippen LogP) is 2.59. The molecule has 1 N–H and O–H groups in total. The van der Waals surface area contributed by atoms with Crippen LogP contribution in [0, 0.1) is 0 Å². The molecule has 20 heavy (non-hydrogen) atoms. The Hall–Kier alpha value is -0.970. The average Bonchev–Trinajstić information content (AvgIpc) is 2.64. The quantitative estimate of drug-likeness (QED) is 0.865. The van der Waals surface area contributed by atoms with Crippen LogP contribution in [0.15, 0.2) is 12.1 Å². The standard InChI is InChI=1S/C14H17Cl2N3O/c1-2-18-12-3-4-17-5-6-19(12)11-8-9(15)7-10(16)13(11)14(18)20/h7-8,12,17H,2-6H2,1H3. The summed E-state index contributed by atoms with van der Waals surface area (Å²) >= 11 is 12.4. The molecular formula is C14H17Cl2N3O. The number of hydrogen-bond donors (Lipinski definition) is 1. The van der Waals surface area contributed by atoms with Gasteiger partial charge in [0.2, 0.25) is 0 Å². The summed E-state index contributed by atoms with van der Waals surface area (Å²) < 4.78 is 0. The molecule has 0 saturated carbocycles. The summed E-state index contributed by atoms with van der Waals surface area (Å²) in [6.07, 6.45) is 0.993. The second kappa shape index (κ2) is 5.43. The molecule has 0 spiro atoms. The lowest BCUT2D eigenvalue weighted by molar-refractivity contribution is 0.0660. The summed E-state index contributed by atoms with van der Waals surface area (Å²) in [6.45, 7) is 5.33.